The molecule has 0 atom stereocenters. The first-order chi connectivity index (χ1) is 13.8. The quantitative estimate of drug-likeness (QED) is 0.242. The molecule has 0 saturated heterocycles. The number of rotatable bonds is 0. The Labute approximate surface area is 176 Å². The molecule has 134 valence electrons. The Morgan fingerprint density at radius 2 is 1.18 bits per heavy atom. The fourth-order valence-corrected chi connectivity index (χ4v) is 6.12. The van der Waals surface area contributed by atoms with Crippen LogP contribution in [-0.2, 0) is 5.41 Å². The zero-order valence-corrected chi connectivity index (χ0v) is 17.3. The molecule has 4 aromatic rings. The summed E-state index contributed by atoms with van der Waals surface area (Å²) >= 11 is 5.57. The Balaban J connectivity index is 1.85. The summed E-state index contributed by atoms with van der Waals surface area (Å²) in [7, 11) is 0. The summed E-state index contributed by atoms with van der Waals surface area (Å²) in [6, 6.07) is 32.3. The number of hydrogen-bond acceptors (Lipinski definition) is 2. The van der Waals surface area contributed by atoms with E-state index in [-0.39, 0.29) is 0 Å². The maximum absolute atomic E-state index is 6.35. The highest BCUT2D eigenvalue weighted by Crippen LogP contribution is 2.61. The molecule has 2 heterocycles. The first kappa shape index (κ1) is 16.5. The lowest BCUT2D eigenvalue weighted by Gasteiger charge is -2.45. The van der Waals surface area contributed by atoms with Gasteiger partial charge in [0.15, 0.2) is 0 Å². The third-order valence-corrected chi connectivity index (χ3v) is 7.30. The molecule has 1 spiro atoms. The van der Waals surface area contributed by atoms with E-state index in [1.54, 1.807) is 0 Å². The molecule has 0 radical (unpaired) electrons. The molecule has 2 aliphatic heterocycles. The van der Waals surface area contributed by atoms with Gasteiger partial charge in [-0.05, 0) is 47.5 Å². The molecule has 1 nitrogen and oxygen atoms in total. The van der Waals surface area contributed by atoms with Gasteiger partial charge in [0, 0.05) is 25.4 Å². The molecule has 0 saturated carbocycles. The monoisotopic (exact) mass is 442 g/mol. The van der Waals surface area contributed by atoms with Gasteiger partial charge >= 0.3 is 0 Å². The summed E-state index contributed by atoms with van der Waals surface area (Å²) in [5.41, 5.74) is 4.61. The minimum absolute atomic E-state index is 0.396. The van der Waals surface area contributed by atoms with E-state index in [1.165, 1.54) is 32.0 Å². The minimum Gasteiger partial charge on any atom is -0.457 e. The zero-order valence-electron chi connectivity index (χ0n) is 14.9. The molecular weight excluding hydrogens is 428 g/mol. The zero-order chi connectivity index (χ0) is 18.7. The predicted molar refractivity (Wildman–Crippen MR) is 117 cm³/mol. The lowest BCUT2D eigenvalue weighted by molar-refractivity contribution is 0.431. The van der Waals surface area contributed by atoms with Crippen molar-refractivity contribution in [1.29, 1.82) is 0 Å². The van der Waals surface area contributed by atoms with E-state index in [9.17, 15) is 0 Å². The van der Waals surface area contributed by atoms with Crippen LogP contribution in [-0.4, -0.2) is 0 Å². The third kappa shape index (κ3) is 2.09. The molecule has 2 aliphatic rings. The van der Waals surface area contributed by atoms with Gasteiger partial charge in [-0.3, -0.25) is 0 Å². The van der Waals surface area contributed by atoms with Crippen molar-refractivity contribution >= 4 is 27.7 Å². The van der Waals surface area contributed by atoms with Crippen molar-refractivity contribution in [3.63, 3.8) is 0 Å². The van der Waals surface area contributed by atoms with E-state index in [0.29, 0.717) is 0 Å². The average Bonchev–Trinajstić information content (AvgIpc) is 2.74. The first-order valence-electron chi connectivity index (χ1n) is 9.23. The molecule has 0 bridgehead atoms. The molecule has 0 aliphatic carbocycles. The third-order valence-electron chi connectivity index (χ3n) is 5.66. The summed E-state index contributed by atoms with van der Waals surface area (Å²) in [5, 5.41) is 0. The fraction of sp³-hybridized carbons (Fsp3) is 0.0400. The maximum atomic E-state index is 6.35. The second-order valence-electron chi connectivity index (χ2n) is 7.08. The van der Waals surface area contributed by atoms with Gasteiger partial charge in [-0.15, -0.1) is 0 Å². The van der Waals surface area contributed by atoms with Crippen LogP contribution in [0, 0.1) is 0 Å². The Morgan fingerprint density at radius 3 is 1.89 bits per heavy atom. The van der Waals surface area contributed by atoms with Crippen LogP contribution in [0.3, 0.4) is 0 Å². The number of hydrogen-bond donors (Lipinski definition) is 0. The van der Waals surface area contributed by atoms with Gasteiger partial charge in [0.05, 0.1) is 5.41 Å². The van der Waals surface area contributed by atoms with Gasteiger partial charge in [-0.1, -0.05) is 82.3 Å². The topological polar surface area (TPSA) is 9.23 Å². The summed E-state index contributed by atoms with van der Waals surface area (Å²) in [5.74, 6) is 1.85. The number of benzene rings is 4. The van der Waals surface area contributed by atoms with E-state index >= 15 is 0 Å². The van der Waals surface area contributed by atoms with Crippen LogP contribution in [0.5, 0.6) is 11.5 Å². The Hall–Kier alpha value is -2.49. The van der Waals surface area contributed by atoms with Crippen LogP contribution in [0.25, 0.3) is 0 Å². The average molecular weight is 443 g/mol. The van der Waals surface area contributed by atoms with Crippen LogP contribution in [0.15, 0.2) is 105 Å². The van der Waals surface area contributed by atoms with Gasteiger partial charge in [0.2, 0.25) is 0 Å². The van der Waals surface area contributed by atoms with Crippen LogP contribution in [0.2, 0.25) is 0 Å². The molecule has 0 fully saturated rings. The summed E-state index contributed by atoms with van der Waals surface area (Å²) in [4.78, 5) is 2.58. The van der Waals surface area contributed by atoms with E-state index < -0.39 is 5.41 Å². The fourth-order valence-electron chi connectivity index (χ4n) is 4.59. The van der Waals surface area contributed by atoms with Crippen molar-refractivity contribution in [2.45, 2.75) is 15.2 Å². The Morgan fingerprint density at radius 1 is 0.607 bits per heavy atom. The smallest absolute Gasteiger partial charge is 0.132 e. The van der Waals surface area contributed by atoms with E-state index in [0.717, 1.165) is 16.0 Å². The van der Waals surface area contributed by atoms with Crippen molar-refractivity contribution in [3.05, 3.63) is 118 Å². The molecular formula is C25H15BrOS. The highest BCUT2D eigenvalue weighted by molar-refractivity contribution is 9.10. The minimum atomic E-state index is -0.396. The molecule has 3 heteroatoms. The van der Waals surface area contributed by atoms with Crippen molar-refractivity contribution < 1.29 is 4.74 Å². The van der Waals surface area contributed by atoms with E-state index in [2.05, 4.69) is 94.8 Å². The molecule has 0 N–H and O–H groups in total. The Bertz CT molecular complexity index is 1140. The number of fused-ring (bicyclic) bond motifs is 8. The molecule has 6 rings (SSSR count). The highest BCUT2D eigenvalue weighted by atomic mass is 79.9. The maximum Gasteiger partial charge on any atom is 0.132 e. The van der Waals surface area contributed by atoms with E-state index in [4.69, 9.17) is 4.74 Å². The molecule has 0 aromatic heterocycles. The van der Waals surface area contributed by atoms with Gasteiger partial charge in [-0.2, -0.15) is 0 Å². The summed E-state index contributed by atoms with van der Waals surface area (Å²) < 4.78 is 7.44. The van der Waals surface area contributed by atoms with Crippen molar-refractivity contribution in [2.24, 2.45) is 0 Å². The molecule has 0 amide bonds. The van der Waals surface area contributed by atoms with E-state index in [1.807, 2.05) is 23.9 Å². The van der Waals surface area contributed by atoms with Crippen LogP contribution >= 0.6 is 27.7 Å². The standard InChI is InChI=1S/C25H15BrOS/c26-16-13-14-24-20(15-16)25(19-9-3-6-12-23(19)28-24)17-7-1-4-10-21(17)27-22-11-5-2-8-18(22)25/h1-15H. The summed E-state index contributed by atoms with van der Waals surface area (Å²) in [6.45, 7) is 0. The lowest BCUT2D eigenvalue weighted by Crippen LogP contribution is -2.36. The van der Waals surface area contributed by atoms with Crippen LogP contribution < -0.4 is 4.74 Å². The van der Waals surface area contributed by atoms with Crippen molar-refractivity contribution in [1.82, 2.24) is 0 Å². The van der Waals surface area contributed by atoms with Crippen molar-refractivity contribution in [2.75, 3.05) is 0 Å². The van der Waals surface area contributed by atoms with Crippen molar-refractivity contribution in [3.8, 4) is 11.5 Å². The highest BCUT2D eigenvalue weighted by Gasteiger charge is 2.49. The molecule has 0 unspecified atom stereocenters. The SMILES string of the molecule is Brc1ccc2c(c1)C1(c3ccccc3Oc3ccccc31)c1ccccc1S2. The van der Waals surface area contributed by atoms with Crippen LogP contribution in [0.1, 0.15) is 22.3 Å². The first-order valence-corrected chi connectivity index (χ1v) is 10.8. The largest absolute Gasteiger partial charge is 0.457 e. The van der Waals surface area contributed by atoms with Gasteiger partial charge in [0.1, 0.15) is 11.5 Å². The Kier molecular flexibility index (Phi) is 3.53. The summed E-state index contributed by atoms with van der Waals surface area (Å²) in [6.07, 6.45) is 0. The lowest BCUT2D eigenvalue weighted by atomic mass is 9.63. The predicted octanol–water partition coefficient (Wildman–Crippen LogP) is 7.40. The van der Waals surface area contributed by atoms with Crippen LogP contribution in [0.4, 0.5) is 0 Å². The second-order valence-corrected chi connectivity index (χ2v) is 9.08. The molecule has 4 aromatic carbocycles. The van der Waals surface area contributed by atoms with Gasteiger partial charge in [-0.25, -0.2) is 0 Å². The number of para-hydroxylation sites is 2. The number of ether oxygens (including phenoxy) is 1. The van der Waals surface area contributed by atoms with Gasteiger partial charge in [0.25, 0.3) is 0 Å². The number of halogens is 1. The normalized spacial score (nSPS) is 15.0. The van der Waals surface area contributed by atoms with Gasteiger partial charge < -0.3 is 4.74 Å². The molecule has 28 heavy (non-hydrogen) atoms. The second kappa shape index (κ2) is 6.00.